The largest absolute Gasteiger partial charge is 0.367 e. The van der Waals surface area contributed by atoms with E-state index in [4.69, 9.17) is 0 Å². The Morgan fingerprint density at radius 1 is 1.50 bits per heavy atom. The van der Waals surface area contributed by atoms with Gasteiger partial charge in [0, 0.05) is 26.3 Å². The first-order chi connectivity index (χ1) is 7.63. The molecular weight excluding hydrogens is 220 g/mol. The van der Waals surface area contributed by atoms with Crippen molar-refractivity contribution < 1.29 is 0 Å². The van der Waals surface area contributed by atoms with Gasteiger partial charge in [-0.05, 0) is 31.4 Å². The summed E-state index contributed by atoms with van der Waals surface area (Å²) in [7, 11) is 3.88. The van der Waals surface area contributed by atoms with Crippen LogP contribution in [0.15, 0.2) is 12.3 Å². The summed E-state index contributed by atoms with van der Waals surface area (Å²) in [5.74, 6) is 2.80. The molecule has 0 aliphatic heterocycles. The van der Waals surface area contributed by atoms with E-state index in [9.17, 15) is 0 Å². The van der Waals surface area contributed by atoms with Crippen LogP contribution < -0.4 is 10.2 Å². The molecule has 0 spiro atoms. The Bertz CT molecular complexity index is 317. The van der Waals surface area contributed by atoms with Crippen LogP contribution in [0.5, 0.6) is 0 Å². The molecule has 16 heavy (non-hydrogen) atoms. The predicted octanol–water partition coefficient (Wildman–Crippen LogP) is 2.10. The topological polar surface area (TPSA) is 41.1 Å². The molecular formula is C11H20N4S. The van der Waals surface area contributed by atoms with E-state index in [-0.39, 0.29) is 0 Å². The van der Waals surface area contributed by atoms with Crippen LogP contribution >= 0.6 is 11.8 Å². The number of anilines is 2. The lowest BCUT2D eigenvalue weighted by molar-refractivity contribution is 0.765. The van der Waals surface area contributed by atoms with Gasteiger partial charge in [0.2, 0.25) is 5.95 Å². The van der Waals surface area contributed by atoms with E-state index < -0.39 is 0 Å². The van der Waals surface area contributed by atoms with Crippen molar-refractivity contribution in [2.24, 2.45) is 0 Å². The number of rotatable bonds is 6. The Kier molecular flexibility index (Phi) is 5.38. The van der Waals surface area contributed by atoms with Gasteiger partial charge < -0.3 is 10.2 Å². The Balaban J connectivity index is 2.56. The fourth-order valence-electron chi connectivity index (χ4n) is 1.26. The van der Waals surface area contributed by atoms with Crippen LogP contribution in [0.4, 0.5) is 11.8 Å². The lowest BCUT2D eigenvalue weighted by atomic mass is 10.2. The molecule has 1 unspecified atom stereocenters. The highest BCUT2D eigenvalue weighted by molar-refractivity contribution is 7.98. The van der Waals surface area contributed by atoms with Gasteiger partial charge in [0.15, 0.2) is 0 Å². The van der Waals surface area contributed by atoms with Gasteiger partial charge in [0.05, 0.1) is 0 Å². The highest BCUT2D eigenvalue weighted by atomic mass is 32.2. The fraction of sp³-hybridized carbons (Fsp3) is 0.636. The van der Waals surface area contributed by atoms with Crippen molar-refractivity contribution >= 4 is 23.5 Å². The van der Waals surface area contributed by atoms with E-state index in [1.165, 1.54) is 5.75 Å². The molecule has 90 valence electrons. The van der Waals surface area contributed by atoms with Gasteiger partial charge in [-0.25, -0.2) is 4.98 Å². The third kappa shape index (κ3) is 4.26. The van der Waals surface area contributed by atoms with Crippen LogP contribution in [0.25, 0.3) is 0 Å². The van der Waals surface area contributed by atoms with Gasteiger partial charge >= 0.3 is 0 Å². The maximum absolute atomic E-state index is 4.42. The molecule has 5 heteroatoms. The Hall–Kier alpha value is -0.970. The Labute approximate surface area is 102 Å². The van der Waals surface area contributed by atoms with E-state index >= 15 is 0 Å². The van der Waals surface area contributed by atoms with Crippen molar-refractivity contribution in [1.82, 2.24) is 9.97 Å². The quantitative estimate of drug-likeness (QED) is 0.824. The van der Waals surface area contributed by atoms with E-state index in [0.29, 0.717) is 6.04 Å². The predicted molar refractivity (Wildman–Crippen MR) is 72.4 cm³/mol. The van der Waals surface area contributed by atoms with Crippen LogP contribution in [-0.2, 0) is 0 Å². The zero-order valence-electron chi connectivity index (χ0n) is 10.4. The summed E-state index contributed by atoms with van der Waals surface area (Å²) in [5, 5.41) is 3.38. The number of aromatic nitrogens is 2. The fourth-order valence-corrected chi connectivity index (χ4v) is 1.85. The standard InChI is InChI=1S/C11H20N4S/c1-9(6-8-16-4)13-10-5-7-12-11(14-10)15(2)3/h5,7,9H,6,8H2,1-4H3,(H,12,13,14). The molecule has 0 bridgehead atoms. The summed E-state index contributed by atoms with van der Waals surface area (Å²) in [4.78, 5) is 10.5. The van der Waals surface area contributed by atoms with Crippen molar-refractivity contribution in [3.8, 4) is 0 Å². The summed E-state index contributed by atoms with van der Waals surface area (Å²) in [6, 6.07) is 2.35. The molecule has 1 N–H and O–H groups in total. The zero-order valence-corrected chi connectivity index (χ0v) is 11.2. The minimum atomic E-state index is 0.442. The molecule has 0 saturated carbocycles. The highest BCUT2D eigenvalue weighted by Gasteiger charge is 2.04. The van der Waals surface area contributed by atoms with E-state index in [1.54, 1.807) is 6.20 Å². The van der Waals surface area contributed by atoms with Crippen molar-refractivity contribution in [2.75, 3.05) is 36.3 Å². The second-order valence-electron chi connectivity index (χ2n) is 3.96. The van der Waals surface area contributed by atoms with Gasteiger partial charge in [0.1, 0.15) is 5.82 Å². The second kappa shape index (κ2) is 6.58. The van der Waals surface area contributed by atoms with Crippen molar-refractivity contribution in [3.05, 3.63) is 12.3 Å². The summed E-state index contributed by atoms with van der Waals surface area (Å²) in [6.07, 6.45) is 5.05. The normalized spacial score (nSPS) is 12.2. The first kappa shape index (κ1) is 13.1. The van der Waals surface area contributed by atoms with Gasteiger partial charge in [-0.3, -0.25) is 0 Å². The SMILES string of the molecule is CSCCC(C)Nc1ccnc(N(C)C)n1. The van der Waals surface area contributed by atoms with Gasteiger partial charge in [0.25, 0.3) is 0 Å². The van der Waals surface area contributed by atoms with Crippen LogP contribution in [0.1, 0.15) is 13.3 Å². The first-order valence-corrected chi connectivity index (χ1v) is 6.78. The molecule has 1 atom stereocenters. The minimum Gasteiger partial charge on any atom is -0.367 e. The lowest BCUT2D eigenvalue weighted by Gasteiger charge is -2.15. The molecule has 1 heterocycles. The summed E-state index contributed by atoms with van der Waals surface area (Å²) >= 11 is 1.87. The van der Waals surface area contributed by atoms with Crippen LogP contribution in [0.3, 0.4) is 0 Å². The Morgan fingerprint density at radius 2 is 2.25 bits per heavy atom. The molecule has 4 nitrogen and oxygen atoms in total. The molecule has 1 aromatic heterocycles. The Morgan fingerprint density at radius 3 is 2.88 bits per heavy atom. The average molecular weight is 240 g/mol. The van der Waals surface area contributed by atoms with Gasteiger partial charge in [-0.2, -0.15) is 16.7 Å². The maximum Gasteiger partial charge on any atom is 0.226 e. The van der Waals surface area contributed by atoms with Crippen molar-refractivity contribution in [3.63, 3.8) is 0 Å². The second-order valence-corrected chi connectivity index (χ2v) is 4.95. The van der Waals surface area contributed by atoms with Gasteiger partial charge in [-0.15, -0.1) is 0 Å². The van der Waals surface area contributed by atoms with Crippen molar-refractivity contribution in [1.29, 1.82) is 0 Å². The maximum atomic E-state index is 4.42. The minimum absolute atomic E-state index is 0.442. The zero-order chi connectivity index (χ0) is 12.0. The van der Waals surface area contributed by atoms with Crippen molar-refractivity contribution in [2.45, 2.75) is 19.4 Å². The number of hydrogen-bond donors (Lipinski definition) is 1. The van der Waals surface area contributed by atoms with Crippen LogP contribution in [0.2, 0.25) is 0 Å². The van der Waals surface area contributed by atoms with E-state index in [2.05, 4.69) is 28.5 Å². The molecule has 0 aromatic carbocycles. The smallest absolute Gasteiger partial charge is 0.226 e. The van der Waals surface area contributed by atoms with Crippen LogP contribution in [0, 0.1) is 0 Å². The highest BCUT2D eigenvalue weighted by Crippen LogP contribution is 2.11. The average Bonchev–Trinajstić information content (AvgIpc) is 2.26. The van der Waals surface area contributed by atoms with E-state index in [0.717, 1.165) is 18.2 Å². The number of thioether (sulfide) groups is 1. The molecule has 0 aliphatic rings. The molecule has 0 amide bonds. The summed E-state index contributed by atoms with van der Waals surface area (Å²) in [6.45, 7) is 2.17. The van der Waals surface area contributed by atoms with Gasteiger partial charge in [-0.1, -0.05) is 0 Å². The third-order valence-electron chi connectivity index (χ3n) is 2.19. The molecule has 1 rings (SSSR count). The lowest BCUT2D eigenvalue weighted by Crippen LogP contribution is -2.18. The van der Waals surface area contributed by atoms with Crippen LogP contribution in [-0.4, -0.2) is 42.1 Å². The van der Waals surface area contributed by atoms with E-state index in [1.807, 2.05) is 36.8 Å². The molecule has 0 aliphatic carbocycles. The first-order valence-electron chi connectivity index (χ1n) is 5.39. The third-order valence-corrected chi connectivity index (χ3v) is 2.84. The monoisotopic (exact) mass is 240 g/mol. The number of hydrogen-bond acceptors (Lipinski definition) is 5. The summed E-state index contributed by atoms with van der Waals surface area (Å²) in [5.41, 5.74) is 0. The molecule has 0 fully saturated rings. The number of nitrogens with zero attached hydrogens (tertiary/aromatic N) is 3. The molecule has 1 aromatic rings. The molecule has 0 saturated heterocycles. The number of nitrogens with one attached hydrogen (secondary N) is 1. The molecule has 0 radical (unpaired) electrons. The summed E-state index contributed by atoms with van der Waals surface area (Å²) < 4.78 is 0.